The molecule has 86 valence electrons. The highest BCUT2D eigenvalue weighted by Gasteiger charge is 2.06. The molecule has 1 heterocycles. The molecule has 1 aromatic heterocycles. The third-order valence-electron chi connectivity index (χ3n) is 2.32. The topological polar surface area (TPSA) is 51.2 Å². The van der Waals surface area contributed by atoms with E-state index in [9.17, 15) is 4.79 Å². The molecule has 0 aliphatic heterocycles. The van der Waals surface area contributed by atoms with Gasteiger partial charge >= 0.3 is 0 Å². The minimum Gasteiger partial charge on any atom is -0.457 e. The van der Waals surface area contributed by atoms with E-state index in [0.717, 1.165) is 11.3 Å². The van der Waals surface area contributed by atoms with E-state index >= 15 is 0 Å². The Balaban J connectivity index is 2.27. The SMILES string of the molecule is Cc1c(Oc2ccccc2)ccnc1NC=O. The van der Waals surface area contributed by atoms with Crippen molar-refractivity contribution in [2.45, 2.75) is 6.92 Å². The van der Waals surface area contributed by atoms with Gasteiger partial charge in [-0.05, 0) is 25.1 Å². The number of ether oxygens (including phenoxy) is 1. The van der Waals surface area contributed by atoms with Crippen molar-refractivity contribution in [1.29, 1.82) is 0 Å². The van der Waals surface area contributed by atoms with Gasteiger partial charge in [0.05, 0.1) is 0 Å². The zero-order valence-corrected chi connectivity index (χ0v) is 9.38. The zero-order chi connectivity index (χ0) is 12.1. The van der Waals surface area contributed by atoms with Gasteiger partial charge in [-0.2, -0.15) is 0 Å². The van der Waals surface area contributed by atoms with Crippen LogP contribution in [0, 0.1) is 6.92 Å². The van der Waals surface area contributed by atoms with Crippen LogP contribution in [-0.4, -0.2) is 11.4 Å². The maximum atomic E-state index is 10.4. The van der Waals surface area contributed by atoms with E-state index in [0.29, 0.717) is 18.0 Å². The highest BCUT2D eigenvalue weighted by atomic mass is 16.5. The third-order valence-corrected chi connectivity index (χ3v) is 2.32. The van der Waals surface area contributed by atoms with Crippen molar-refractivity contribution >= 4 is 12.2 Å². The number of rotatable bonds is 4. The second kappa shape index (κ2) is 5.12. The first-order valence-electron chi connectivity index (χ1n) is 5.20. The van der Waals surface area contributed by atoms with Crippen molar-refractivity contribution in [3.05, 3.63) is 48.2 Å². The van der Waals surface area contributed by atoms with Gasteiger partial charge in [0.25, 0.3) is 0 Å². The number of hydrogen-bond donors (Lipinski definition) is 1. The molecule has 0 bridgehead atoms. The van der Waals surface area contributed by atoms with Gasteiger partial charge in [-0.25, -0.2) is 4.98 Å². The Morgan fingerprint density at radius 1 is 1.24 bits per heavy atom. The van der Waals surface area contributed by atoms with Gasteiger partial charge in [0.1, 0.15) is 17.3 Å². The summed E-state index contributed by atoms with van der Waals surface area (Å²) < 4.78 is 5.70. The molecule has 4 nitrogen and oxygen atoms in total. The van der Waals surface area contributed by atoms with E-state index in [4.69, 9.17) is 4.74 Å². The number of nitrogens with zero attached hydrogens (tertiary/aromatic N) is 1. The molecule has 0 unspecified atom stereocenters. The number of anilines is 1. The Morgan fingerprint density at radius 3 is 2.71 bits per heavy atom. The fourth-order valence-electron chi connectivity index (χ4n) is 1.45. The zero-order valence-electron chi connectivity index (χ0n) is 9.38. The monoisotopic (exact) mass is 228 g/mol. The molecule has 2 aromatic rings. The Morgan fingerprint density at radius 2 is 2.00 bits per heavy atom. The van der Waals surface area contributed by atoms with Crippen LogP contribution in [0.15, 0.2) is 42.6 Å². The van der Waals surface area contributed by atoms with Crippen molar-refractivity contribution in [2.24, 2.45) is 0 Å². The maximum absolute atomic E-state index is 10.4. The molecule has 0 aliphatic carbocycles. The average Bonchev–Trinajstić information content (AvgIpc) is 2.36. The van der Waals surface area contributed by atoms with Crippen LogP contribution in [0.2, 0.25) is 0 Å². The highest BCUT2D eigenvalue weighted by molar-refractivity contribution is 5.71. The smallest absolute Gasteiger partial charge is 0.212 e. The molecule has 0 spiro atoms. The summed E-state index contributed by atoms with van der Waals surface area (Å²) in [5.41, 5.74) is 0.795. The molecule has 0 atom stereocenters. The predicted octanol–water partition coefficient (Wildman–Crippen LogP) is 2.75. The predicted molar refractivity (Wildman–Crippen MR) is 65.2 cm³/mol. The fourth-order valence-corrected chi connectivity index (χ4v) is 1.45. The summed E-state index contributed by atoms with van der Waals surface area (Å²) in [6, 6.07) is 11.2. The standard InChI is InChI=1S/C13H12N2O2/c1-10-12(7-8-14-13(10)15-9-16)17-11-5-3-2-4-6-11/h2-9H,1H3,(H,14,15,16). The minimum absolute atomic E-state index is 0.508. The van der Waals surface area contributed by atoms with Crippen LogP contribution in [0.25, 0.3) is 0 Å². The van der Waals surface area contributed by atoms with Gasteiger partial charge < -0.3 is 10.1 Å². The normalized spacial score (nSPS) is 9.71. The number of nitrogens with one attached hydrogen (secondary N) is 1. The van der Waals surface area contributed by atoms with Gasteiger partial charge in [-0.1, -0.05) is 18.2 Å². The molecule has 0 aliphatic rings. The molecule has 17 heavy (non-hydrogen) atoms. The van der Waals surface area contributed by atoms with Crippen LogP contribution >= 0.6 is 0 Å². The minimum atomic E-state index is 0.508. The number of hydrogen-bond acceptors (Lipinski definition) is 3. The van der Waals surface area contributed by atoms with Gasteiger partial charge in [-0.15, -0.1) is 0 Å². The molecule has 0 fully saturated rings. The largest absolute Gasteiger partial charge is 0.457 e. The van der Waals surface area contributed by atoms with Crippen molar-refractivity contribution in [3.63, 3.8) is 0 Å². The number of aromatic nitrogens is 1. The molecule has 4 heteroatoms. The Hall–Kier alpha value is -2.36. The van der Waals surface area contributed by atoms with E-state index < -0.39 is 0 Å². The highest BCUT2D eigenvalue weighted by Crippen LogP contribution is 2.27. The number of carbonyl (C=O) groups is 1. The number of amides is 1. The first kappa shape index (κ1) is 11.1. The lowest BCUT2D eigenvalue weighted by Gasteiger charge is -2.10. The first-order valence-corrected chi connectivity index (χ1v) is 5.20. The molecular formula is C13H12N2O2. The fraction of sp³-hybridized carbons (Fsp3) is 0.0769. The lowest BCUT2D eigenvalue weighted by Crippen LogP contribution is -2.00. The van der Waals surface area contributed by atoms with Crippen molar-refractivity contribution in [3.8, 4) is 11.5 Å². The van der Waals surface area contributed by atoms with Crippen LogP contribution < -0.4 is 10.1 Å². The lowest BCUT2D eigenvalue weighted by atomic mass is 10.2. The number of benzene rings is 1. The first-order chi connectivity index (χ1) is 8.31. The Labute approximate surface area is 99.3 Å². The summed E-state index contributed by atoms with van der Waals surface area (Å²) in [6.45, 7) is 1.84. The molecular weight excluding hydrogens is 216 g/mol. The number of carbonyl (C=O) groups excluding carboxylic acids is 1. The van der Waals surface area contributed by atoms with Crippen LogP contribution in [0.5, 0.6) is 11.5 Å². The van der Waals surface area contributed by atoms with Gasteiger partial charge in [0.2, 0.25) is 6.41 Å². The van der Waals surface area contributed by atoms with Gasteiger partial charge in [0, 0.05) is 11.8 Å². The average molecular weight is 228 g/mol. The molecule has 2 rings (SSSR count). The molecule has 0 saturated carbocycles. The van der Waals surface area contributed by atoms with Crippen molar-refractivity contribution < 1.29 is 9.53 Å². The maximum Gasteiger partial charge on any atom is 0.212 e. The van der Waals surface area contributed by atoms with Gasteiger partial charge in [-0.3, -0.25) is 4.79 Å². The lowest BCUT2D eigenvalue weighted by molar-refractivity contribution is -0.105. The van der Waals surface area contributed by atoms with Crippen LogP contribution in [0.3, 0.4) is 0 Å². The van der Waals surface area contributed by atoms with E-state index in [1.54, 1.807) is 12.3 Å². The van der Waals surface area contributed by atoms with Crippen LogP contribution in [-0.2, 0) is 4.79 Å². The van der Waals surface area contributed by atoms with E-state index in [2.05, 4.69) is 10.3 Å². The van der Waals surface area contributed by atoms with Crippen LogP contribution in [0.4, 0.5) is 5.82 Å². The van der Waals surface area contributed by atoms with Crippen LogP contribution in [0.1, 0.15) is 5.56 Å². The number of para-hydroxylation sites is 1. The van der Waals surface area contributed by atoms with Gasteiger partial charge in [0.15, 0.2) is 0 Å². The summed E-state index contributed by atoms with van der Waals surface area (Å²) in [4.78, 5) is 14.5. The Kier molecular flexibility index (Phi) is 3.35. The molecule has 1 N–H and O–H groups in total. The molecule has 0 radical (unpaired) electrons. The molecule has 1 aromatic carbocycles. The van der Waals surface area contributed by atoms with E-state index in [1.165, 1.54) is 0 Å². The quantitative estimate of drug-likeness (QED) is 0.818. The third kappa shape index (κ3) is 2.60. The Bertz CT molecular complexity index is 512. The van der Waals surface area contributed by atoms with Crippen molar-refractivity contribution in [2.75, 3.05) is 5.32 Å². The summed E-state index contributed by atoms with van der Waals surface area (Å²) >= 11 is 0. The summed E-state index contributed by atoms with van der Waals surface area (Å²) in [5, 5.41) is 2.53. The van der Waals surface area contributed by atoms with E-state index in [-0.39, 0.29) is 0 Å². The second-order valence-electron chi connectivity index (χ2n) is 3.46. The summed E-state index contributed by atoms with van der Waals surface area (Å²) in [5.74, 6) is 1.93. The van der Waals surface area contributed by atoms with Crippen molar-refractivity contribution in [1.82, 2.24) is 4.98 Å². The van der Waals surface area contributed by atoms with E-state index in [1.807, 2.05) is 37.3 Å². The molecule has 1 amide bonds. The second-order valence-corrected chi connectivity index (χ2v) is 3.46. The summed E-state index contributed by atoms with van der Waals surface area (Å²) in [7, 11) is 0. The number of pyridine rings is 1. The summed E-state index contributed by atoms with van der Waals surface area (Å²) in [6.07, 6.45) is 2.19. The molecule has 0 saturated heterocycles.